The van der Waals surface area contributed by atoms with Crippen LogP contribution < -0.4 is 0 Å². The number of nitro benzene ring substituents is 1. The molecule has 0 aromatic heterocycles. The summed E-state index contributed by atoms with van der Waals surface area (Å²) in [4.78, 5) is 21.1. The molecule has 1 atom stereocenters. The molecule has 0 saturated heterocycles. The Bertz CT molecular complexity index is 428. The molecule has 0 saturated carbocycles. The van der Waals surface area contributed by atoms with E-state index in [0.717, 1.165) is 0 Å². The van der Waals surface area contributed by atoms with Crippen molar-refractivity contribution < 1.29 is 14.8 Å². The molecular weight excluding hydrogens is 210 g/mol. The minimum absolute atomic E-state index is 0.0237. The molecule has 5 nitrogen and oxygen atoms in total. The monoisotopic (exact) mass is 223 g/mol. The molecule has 0 aliphatic heterocycles. The van der Waals surface area contributed by atoms with Crippen LogP contribution in [0.15, 0.2) is 18.2 Å². The fraction of sp³-hybridized carbons (Fsp3) is 0.364. The molecule has 1 aromatic carbocycles. The van der Waals surface area contributed by atoms with Gasteiger partial charge in [0.15, 0.2) is 0 Å². The van der Waals surface area contributed by atoms with E-state index >= 15 is 0 Å². The van der Waals surface area contributed by atoms with Crippen LogP contribution in [0.4, 0.5) is 5.69 Å². The Labute approximate surface area is 92.9 Å². The number of hydrogen-bond donors (Lipinski definition) is 1. The fourth-order valence-corrected chi connectivity index (χ4v) is 1.56. The minimum Gasteiger partial charge on any atom is -0.481 e. The van der Waals surface area contributed by atoms with Gasteiger partial charge in [0, 0.05) is 11.1 Å². The van der Waals surface area contributed by atoms with Crippen LogP contribution >= 0.6 is 0 Å². The zero-order chi connectivity index (χ0) is 12.3. The Hall–Kier alpha value is -1.91. The van der Waals surface area contributed by atoms with Crippen LogP contribution in [0.3, 0.4) is 0 Å². The lowest BCUT2D eigenvalue weighted by molar-refractivity contribution is -0.386. The summed E-state index contributed by atoms with van der Waals surface area (Å²) >= 11 is 0. The second-order valence-corrected chi connectivity index (χ2v) is 3.78. The number of nitrogens with zero attached hydrogens (tertiary/aromatic N) is 1. The average Bonchev–Trinajstić information content (AvgIpc) is 2.16. The molecule has 0 aliphatic rings. The van der Waals surface area contributed by atoms with Crippen molar-refractivity contribution in [2.45, 2.75) is 20.3 Å². The van der Waals surface area contributed by atoms with E-state index < -0.39 is 16.8 Å². The van der Waals surface area contributed by atoms with E-state index in [4.69, 9.17) is 5.11 Å². The van der Waals surface area contributed by atoms with Crippen molar-refractivity contribution in [3.8, 4) is 0 Å². The van der Waals surface area contributed by atoms with Gasteiger partial charge in [-0.1, -0.05) is 25.1 Å². The smallest absolute Gasteiger partial charge is 0.306 e. The summed E-state index contributed by atoms with van der Waals surface area (Å²) < 4.78 is 0. The van der Waals surface area contributed by atoms with Crippen LogP contribution in [-0.2, 0) is 11.2 Å². The van der Waals surface area contributed by atoms with E-state index in [1.807, 2.05) is 0 Å². The molecule has 0 aliphatic carbocycles. The first-order valence-electron chi connectivity index (χ1n) is 4.89. The van der Waals surface area contributed by atoms with E-state index in [0.29, 0.717) is 11.1 Å². The zero-order valence-electron chi connectivity index (χ0n) is 9.14. The molecule has 16 heavy (non-hydrogen) atoms. The first-order valence-corrected chi connectivity index (χ1v) is 4.89. The summed E-state index contributed by atoms with van der Waals surface area (Å²) in [5.41, 5.74) is 1.05. The summed E-state index contributed by atoms with van der Waals surface area (Å²) in [6.07, 6.45) is 0.174. The van der Waals surface area contributed by atoms with Gasteiger partial charge >= 0.3 is 5.97 Å². The zero-order valence-corrected chi connectivity index (χ0v) is 9.14. The molecular formula is C11H13NO4. The van der Waals surface area contributed by atoms with Gasteiger partial charge in [-0.3, -0.25) is 14.9 Å². The third-order valence-corrected chi connectivity index (χ3v) is 2.45. The van der Waals surface area contributed by atoms with Gasteiger partial charge in [0.2, 0.25) is 0 Å². The highest BCUT2D eigenvalue weighted by Crippen LogP contribution is 2.25. The normalized spacial score (nSPS) is 12.1. The van der Waals surface area contributed by atoms with Gasteiger partial charge in [-0.15, -0.1) is 0 Å². The van der Waals surface area contributed by atoms with Crippen molar-refractivity contribution in [2.75, 3.05) is 0 Å². The maximum atomic E-state index is 10.9. The van der Waals surface area contributed by atoms with Gasteiger partial charge in [-0.25, -0.2) is 0 Å². The molecule has 0 spiro atoms. The number of aryl methyl sites for hydroxylation is 1. The van der Waals surface area contributed by atoms with Crippen LogP contribution in [0.1, 0.15) is 18.1 Å². The lowest BCUT2D eigenvalue weighted by Gasteiger charge is -2.08. The fourth-order valence-electron chi connectivity index (χ4n) is 1.56. The Morgan fingerprint density at radius 3 is 2.69 bits per heavy atom. The largest absolute Gasteiger partial charge is 0.481 e. The van der Waals surface area contributed by atoms with Crippen LogP contribution in [0.2, 0.25) is 0 Å². The number of benzene rings is 1. The molecule has 1 rings (SSSR count). The van der Waals surface area contributed by atoms with E-state index in [1.54, 1.807) is 25.1 Å². The van der Waals surface area contributed by atoms with Gasteiger partial charge < -0.3 is 5.11 Å². The molecule has 0 fully saturated rings. The lowest BCUT2D eigenvalue weighted by atomic mass is 9.98. The van der Waals surface area contributed by atoms with E-state index in [1.165, 1.54) is 6.92 Å². The first-order chi connectivity index (χ1) is 7.43. The summed E-state index contributed by atoms with van der Waals surface area (Å²) in [5.74, 6) is -1.57. The number of hydrogen-bond acceptors (Lipinski definition) is 3. The number of carbonyl (C=O) groups is 1. The summed E-state index contributed by atoms with van der Waals surface area (Å²) in [7, 11) is 0. The summed E-state index contributed by atoms with van der Waals surface area (Å²) in [5, 5.41) is 19.6. The maximum Gasteiger partial charge on any atom is 0.306 e. The maximum absolute atomic E-state index is 10.9. The molecule has 1 aromatic rings. The highest BCUT2D eigenvalue weighted by molar-refractivity contribution is 5.70. The summed E-state index contributed by atoms with van der Waals surface area (Å²) in [6, 6.07) is 4.95. The SMILES string of the molecule is Cc1cccc(CC(C)C(=O)O)c1[N+](=O)[O-]. The number of carboxylic acid groups (broad SMARTS) is 1. The molecule has 0 radical (unpaired) electrons. The van der Waals surface area contributed by atoms with Crippen molar-refractivity contribution in [3.63, 3.8) is 0 Å². The molecule has 0 heterocycles. The molecule has 1 N–H and O–H groups in total. The van der Waals surface area contributed by atoms with Crippen molar-refractivity contribution in [3.05, 3.63) is 39.4 Å². The topological polar surface area (TPSA) is 80.4 Å². The lowest BCUT2D eigenvalue weighted by Crippen LogP contribution is -2.13. The van der Waals surface area contributed by atoms with Crippen LogP contribution in [-0.4, -0.2) is 16.0 Å². The van der Waals surface area contributed by atoms with Crippen molar-refractivity contribution in [2.24, 2.45) is 5.92 Å². The quantitative estimate of drug-likeness (QED) is 0.626. The Morgan fingerprint density at radius 2 is 2.19 bits per heavy atom. The highest BCUT2D eigenvalue weighted by Gasteiger charge is 2.20. The second-order valence-electron chi connectivity index (χ2n) is 3.78. The standard InChI is InChI=1S/C11H13NO4/c1-7-4-3-5-9(10(7)12(15)16)6-8(2)11(13)14/h3-5,8H,6H2,1-2H3,(H,13,14). The predicted octanol–water partition coefficient (Wildman–Crippen LogP) is 2.17. The van der Waals surface area contributed by atoms with Crippen LogP contribution in [0.25, 0.3) is 0 Å². The van der Waals surface area contributed by atoms with Gasteiger partial charge in [0.25, 0.3) is 5.69 Å². The minimum atomic E-state index is -0.948. The van der Waals surface area contributed by atoms with E-state index in [-0.39, 0.29) is 12.1 Å². The van der Waals surface area contributed by atoms with Crippen LogP contribution in [0, 0.1) is 23.0 Å². The van der Waals surface area contributed by atoms with E-state index in [2.05, 4.69) is 0 Å². The van der Waals surface area contributed by atoms with Crippen molar-refractivity contribution in [1.82, 2.24) is 0 Å². The molecule has 86 valence electrons. The number of nitro groups is 1. The van der Waals surface area contributed by atoms with Gasteiger partial charge in [-0.2, -0.15) is 0 Å². The third kappa shape index (κ3) is 2.56. The van der Waals surface area contributed by atoms with Crippen molar-refractivity contribution in [1.29, 1.82) is 0 Å². The highest BCUT2D eigenvalue weighted by atomic mass is 16.6. The first kappa shape index (κ1) is 12.2. The molecule has 5 heteroatoms. The van der Waals surface area contributed by atoms with Crippen molar-refractivity contribution >= 4 is 11.7 Å². The van der Waals surface area contributed by atoms with Gasteiger partial charge in [0.1, 0.15) is 0 Å². The number of para-hydroxylation sites is 1. The van der Waals surface area contributed by atoms with Crippen LogP contribution in [0.5, 0.6) is 0 Å². The van der Waals surface area contributed by atoms with E-state index in [9.17, 15) is 14.9 Å². The van der Waals surface area contributed by atoms with Gasteiger partial charge in [0.05, 0.1) is 10.8 Å². The number of rotatable bonds is 4. The Balaban J connectivity index is 3.09. The molecule has 0 amide bonds. The third-order valence-electron chi connectivity index (χ3n) is 2.45. The Kier molecular flexibility index (Phi) is 3.60. The molecule has 1 unspecified atom stereocenters. The summed E-state index contributed by atoms with van der Waals surface area (Å²) in [6.45, 7) is 3.18. The van der Waals surface area contributed by atoms with Gasteiger partial charge in [-0.05, 0) is 13.3 Å². The average molecular weight is 223 g/mol. The Morgan fingerprint density at radius 1 is 1.56 bits per heavy atom. The second kappa shape index (κ2) is 4.74. The molecule has 0 bridgehead atoms. The predicted molar refractivity (Wildman–Crippen MR) is 58.3 cm³/mol. The number of aliphatic carboxylic acids is 1. The number of carboxylic acids is 1.